The van der Waals surface area contributed by atoms with E-state index in [4.69, 9.17) is 4.74 Å². The minimum atomic E-state index is -0.654. The van der Waals surface area contributed by atoms with Crippen molar-refractivity contribution in [1.82, 2.24) is 9.66 Å². The molecule has 23 heavy (non-hydrogen) atoms. The molecule has 2 aromatic carbocycles. The predicted molar refractivity (Wildman–Crippen MR) is 87.4 cm³/mol. The molecule has 1 N–H and O–H groups in total. The van der Waals surface area contributed by atoms with E-state index in [1.807, 2.05) is 18.2 Å². The lowest BCUT2D eigenvalue weighted by Crippen LogP contribution is -2.33. The van der Waals surface area contributed by atoms with Crippen LogP contribution in [0, 0.1) is 0 Å². The van der Waals surface area contributed by atoms with Gasteiger partial charge in [0.15, 0.2) is 0 Å². The van der Waals surface area contributed by atoms with Gasteiger partial charge in [0, 0.05) is 0 Å². The van der Waals surface area contributed by atoms with Gasteiger partial charge in [0.1, 0.15) is 0 Å². The first-order valence-corrected chi connectivity index (χ1v) is 7.21. The molecule has 0 amide bonds. The van der Waals surface area contributed by atoms with Crippen molar-refractivity contribution in [3.8, 4) is 0 Å². The highest BCUT2D eigenvalue weighted by molar-refractivity contribution is 5.89. The summed E-state index contributed by atoms with van der Waals surface area (Å²) in [6, 6.07) is 16.0. The molecule has 0 saturated carbocycles. The first kappa shape index (κ1) is 14.8. The minimum absolute atomic E-state index is 0.0839. The molecule has 0 aliphatic heterocycles. The van der Waals surface area contributed by atoms with E-state index in [0.717, 1.165) is 4.68 Å². The Balaban J connectivity index is 2.20. The number of hydrogen-bond acceptors (Lipinski definition) is 5. The second-order valence-electron chi connectivity index (χ2n) is 4.79. The van der Waals surface area contributed by atoms with E-state index in [1.54, 1.807) is 43.3 Å². The second kappa shape index (κ2) is 6.31. The third kappa shape index (κ3) is 2.91. The summed E-state index contributed by atoms with van der Waals surface area (Å²) in [6.07, 6.45) is 0. The van der Waals surface area contributed by atoms with Crippen molar-refractivity contribution in [3.63, 3.8) is 0 Å². The Bertz CT molecular complexity index is 904. The molecule has 0 bridgehead atoms. The number of aromatic nitrogens is 2. The standard InChI is InChI=1S/C17H15N3O3/c1-2-23-17(22)15-18-14-11-7-6-10-13(14)16(21)20(15)19-12-8-4-3-5-9-12/h3-11,19H,2H2,1H3. The maximum absolute atomic E-state index is 12.7. The molecular formula is C17H15N3O3. The van der Waals surface area contributed by atoms with Gasteiger partial charge in [0.2, 0.25) is 5.82 Å². The fourth-order valence-corrected chi connectivity index (χ4v) is 2.21. The lowest BCUT2D eigenvalue weighted by atomic mass is 10.2. The van der Waals surface area contributed by atoms with Crippen molar-refractivity contribution in [1.29, 1.82) is 0 Å². The van der Waals surface area contributed by atoms with E-state index >= 15 is 0 Å². The number of benzene rings is 2. The molecule has 116 valence electrons. The van der Waals surface area contributed by atoms with Crippen LogP contribution < -0.4 is 11.0 Å². The monoisotopic (exact) mass is 309 g/mol. The lowest BCUT2D eigenvalue weighted by Gasteiger charge is -2.14. The number of carbonyl (C=O) groups excluding carboxylic acids is 1. The summed E-state index contributed by atoms with van der Waals surface area (Å²) in [7, 11) is 0. The van der Waals surface area contributed by atoms with Crippen molar-refractivity contribution in [2.45, 2.75) is 6.92 Å². The number of anilines is 1. The van der Waals surface area contributed by atoms with Crippen LogP contribution in [0.5, 0.6) is 0 Å². The molecule has 0 aliphatic carbocycles. The smallest absolute Gasteiger partial charge is 0.376 e. The van der Waals surface area contributed by atoms with Gasteiger partial charge in [-0.15, -0.1) is 0 Å². The van der Waals surface area contributed by atoms with Crippen LogP contribution >= 0.6 is 0 Å². The fourth-order valence-electron chi connectivity index (χ4n) is 2.21. The van der Waals surface area contributed by atoms with Crippen molar-refractivity contribution >= 4 is 22.6 Å². The third-order valence-corrected chi connectivity index (χ3v) is 3.25. The average molecular weight is 309 g/mol. The first-order chi connectivity index (χ1) is 11.2. The molecule has 0 radical (unpaired) electrons. The number of ether oxygens (including phenoxy) is 1. The second-order valence-corrected chi connectivity index (χ2v) is 4.79. The summed E-state index contributed by atoms with van der Waals surface area (Å²) in [6.45, 7) is 1.90. The molecule has 0 unspecified atom stereocenters. The van der Waals surface area contributed by atoms with E-state index in [2.05, 4.69) is 10.4 Å². The zero-order chi connectivity index (χ0) is 16.2. The van der Waals surface area contributed by atoms with Gasteiger partial charge in [-0.3, -0.25) is 10.2 Å². The zero-order valence-corrected chi connectivity index (χ0v) is 12.5. The van der Waals surface area contributed by atoms with Gasteiger partial charge in [-0.2, -0.15) is 4.68 Å². The van der Waals surface area contributed by atoms with Crippen molar-refractivity contribution in [2.75, 3.05) is 12.0 Å². The van der Waals surface area contributed by atoms with Gasteiger partial charge in [-0.05, 0) is 31.2 Å². The highest BCUT2D eigenvalue weighted by atomic mass is 16.5. The van der Waals surface area contributed by atoms with Crippen LogP contribution in [0.25, 0.3) is 10.9 Å². The third-order valence-electron chi connectivity index (χ3n) is 3.25. The number of nitrogens with one attached hydrogen (secondary N) is 1. The van der Waals surface area contributed by atoms with E-state index in [0.29, 0.717) is 16.6 Å². The highest BCUT2D eigenvalue weighted by Crippen LogP contribution is 2.11. The van der Waals surface area contributed by atoms with Crippen LogP contribution in [-0.2, 0) is 4.74 Å². The van der Waals surface area contributed by atoms with Crippen LogP contribution in [-0.4, -0.2) is 22.2 Å². The summed E-state index contributed by atoms with van der Waals surface area (Å²) >= 11 is 0. The number of fused-ring (bicyclic) bond motifs is 1. The number of rotatable bonds is 4. The molecule has 0 aliphatic rings. The highest BCUT2D eigenvalue weighted by Gasteiger charge is 2.18. The summed E-state index contributed by atoms with van der Waals surface area (Å²) < 4.78 is 6.13. The van der Waals surface area contributed by atoms with Crippen LogP contribution in [0.2, 0.25) is 0 Å². The Morgan fingerprint density at radius 2 is 1.83 bits per heavy atom. The largest absolute Gasteiger partial charge is 0.460 e. The molecule has 6 nitrogen and oxygen atoms in total. The molecular weight excluding hydrogens is 294 g/mol. The lowest BCUT2D eigenvalue weighted by molar-refractivity contribution is 0.0507. The van der Waals surface area contributed by atoms with Gasteiger partial charge < -0.3 is 4.74 Å². The summed E-state index contributed by atoms with van der Waals surface area (Å²) in [5, 5.41) is 0.420. The molecule has 3 aromatic rings. The SMILES string of the molecule is CCOC(=O)c1nc2ccccc2c(=O)n1Nc1ccccc1. The Labute approximate surface area is 132 Å². The number of esters is 1. The van der Waals surface area contributed by atoms with Crippen LogP contribution in [0.15, 0.2) is 59.4 Å². The Kier molecular flexibility index (Phi) is 4.05. The summed E-state index contributed by atoms with van der Waals surface area (Å²) in [4.78, 5) is 29.2. The van der Waals surface area contributed by atoms with Gasteiger partial charge >= 0.3 is 5.97 Å². The normalized spacial score (nSPS) is 10.5. The van der Waals surface area contributed by atoms with Gasteiger partial charge in [-0.25, -0.2) is 9.78 Å². The maximum Gasteiger partial charge on any atom is 0.376 e. The van der Waals surface area contributed by atoms with E-state index in [-0.39, 0.29) is 18.0 Å². The molecule has 0 atom stereocenters. The molecule has 1 aromatic heterocycles. The Morgan fingerprint density at radius 3 is 2.57 bits per heavy atom. The van der Waals surface area contributed by atoms with Crippen molar-refractivity contribution in [3.05, 3.63) is 70.8 Å². The maximum atomic E-state index is 12.7. The molecule has 0 spiro atoms. The van der Waals surface area contributed by atoms with Crippen LogP contribution in [0.1, 0.15) is 17.5 Å². The molecule has 3 rings (SSSR count). The summed E-state index contributed by atoms with van der Waals surface area (Å²) in [5.74, 6) is -0.738. The van der Waals surface area contributed by atoms with Crippen molar-refractivity contribution in [2.24, 2.45) is 0 Å². The molecule has 0 fully saturated rings. The first-order valence-electron chi connectivity index (χ1n) is 7.21. The van der Waals surface area contributed by atoms with E-state index < -0.39 is 5.97 Å². The number of carbonyl (C=O) groups is 1. The van der Waals surface area contributed by atoms with E-state index in [9.17, 15) is 9.59 Å². The Morgan fingerprint density at radius 1 is 1.13 bits per heavy atom. The number of nitrogens with zero attached hydrogens (tertiary/aromatic N) is 2. The van der Waals surface area contributed by atoms with Crippen molar-refractivity contribution < 1.29 is 9.53 Å². The van der Waals surface area contributed by atoms with Gasteiger partial charge in [-0.1, -0.05) is 30.3 Å². The minimum Gasteiger partial charge on any atom is -0.460 e. The topological polar surface area (TPSA) is 73.2 Å². The Hall–Kier alpha value is -3.15. The fraction of sp³-hybridized carbons (Fsp3) is 0.118. The molecule has 1 heterocycles. The van der Waals surface area contributed by atoms with Crippen LogP contribution in [0.3, 0.4) is 0 Å². The number of hydrogen-bond donors (Lipinski definition) is 1. The average Bonchev–Trinajstić information content (AvgIpc) is 2.58. The molecule has 6 heteroatoms. The number of para-hydroxylation sites is 2. The molecule has 0 saturated heterocycles. The predicted octanol–water partition coefficient (Wildman–Crippen LogP) is 2.45. The quantitative estimate of drug-likeness (QED) is 0.749. The summed E-state index contributed by atoms with van der Waals surface area (Å²) in [5.41, 5.74) is 3.67. The van der Waals surface area contributed by atoms with Gasteiger partial charge in [0.05, 0.1) is 23.2 Å². The van der Waals surface area contributed by atoms with Gasteiger partial charge in [0.25, 0.3) is 5.56 Å². The zero-order valence-electron chi connectivity index (χ0n) is 12.5. The van der Waals surface area contributed by atoms with Crippen LogP contribution in [0.4, 0.5) is 5.69 Å². The van der Waals surface area contributed by atoms with E-state index in [1.165, 1.54) is 0 Å².